The molecule has 1 aliphatic heterocycles. The van der Waals surface area contributed by atoms with Crippen LogP contribution in [-0.2, 0) is 0 Å². The van der Waals surface area contributed by atoms with Gasteiger partial charge in [0, 0.05) is 29.9 Å². The Morgan fingerprint density at radius 1 is 1.04 bits per heavy atom. The van der Waals surface area contributed by atoms with Crippen LogP contribution >= 0.6 is 0 Å². The van der Waals surface area contributed by atoms with Crippen molar-refractivity contribution >= 4 is 11.7 Å². The number of rotatable bonds is 4. The molecule has 2 aliphatic rings. The zero-order valence-corrected chi connectivity index (χ0v) is 13.8. The second-order valence-electron chi connectivity index (χ2n) is 6.74. The maximum absolute atomic E-state index is 13.0. The lowest BCUT2D eigenvalue weighted by Gasteiger charge is -2.36. The molecule has 4 nitrogen and oxygen atoms in total. The van der Waals surface area contributed by atoms with E-state index in [0.717, 1.165) is 42.8 Å². The van der Waals surface area contributed by atoms with Gasteiger partial charge in [-0.15, -0.1) is 0 Å². The van der Waals surface area contributed by atoms with Crippen LogP contribution in [0.3, 0.4) is 0 Å². The highest BCUT2D eigenvalue weighted by Gasteiger charge is 2.31. The predicted molar refractivity (Wildman–Crippen MR) is 95.0 cm³/mol. The number of benzene rings is 1. The second-order valence-corrected chi connectivity index (χ2v) is 6.74. The maximum Gasteiger partial charge on any atom is 0.254 e. The zero-order valence-electron chi connectivity index (χ0n) is 13.8. The Morgan fingerprint density at radius 3 is 2.67 bits per heavy atom. The molecule has 124 valence electrons. The average Bonchev–Trinajstić information content (AvgIpc) is 3.46. The first-order chi connectivity index (χ1) is 11.8. The van der Waals surface area contributed by atoms with Gasteiger partial charge in [0.05, 0.1) is 6.04 Å². The summed E-state index contributed by atoms with van der Waals surface area (Å²) < 4.78 is 0. The van der Waals surface area contributed by atoms with Crippen molar-refractivity contribution in [1.29, 1.82) is 0 Å². The third-order valence-corrected chi connectivity index (χ3v) is 4.90. The highest BCUT2D eigenvalue weighted by Crippen LogP contribution is 2.36. The minimum absolute atomic E-state index is 0.112. The van der Waals surface area contributed by atoms with Crippen LogP contribution < -0.4 is 5.32 Å². The number of nitrogens with zero attached hydrogens (tertiary/aromatic N) is 2. The molecule has 4 heteroatoms. The molecule has 1 aromatic carbocycles. The quantitative estimate of drug-likeness (QED) is 0.925. The number of amides is 1. The van der Waals surface area contributed by atoms with E-state index < -0.39 is 0 Å². The number of nitrogens with one attached hydrogen (secondary N) is 1. The first-order valence-electron chi connectivity index (χ1n) is 8.90. The molecule has 1 amide bonds. The molecule has 1 saturated heterocycles. The summed E-state index contributed by atoms with van der Waals surface area (Å²) in [6.07, 6.45) is 7.49. The van der Waals surface area contributed by atoms with Crippen LogP contribution in [-0.4, -0.2) is 28.4 Å². The maximum atomic E-state index is 13.0. The molecule has 1 aliphatic carbocycles. The summed E-state index contributed by atoms with van der Waals surface area (Å²) in [7, 11) is 0. The lowest BCUT2D eigenvalue weighted by atomic mass is 9.94. The number of piperidine rings is 1. The minimum Gasteiger partial charge on any atom is -0.367 e. The fourth-order valence-corrected chi connectivity index (χ4v) is 3.47. The second kappa shape index (κ2) is 6.63. The predicted octanol–water partition coefficient (Wildman–Crippen LogP) is 4.02. The van der Waals surface area contributed by atoms with Crippen LogP contribution in [0.1, 0.15) is 54.1 Å². The molecule has 1 aromatic heterocycles. The van der Waals surface area contributed by atoms with Gasteiger partial charge in [0.15, 0.2) is 0 Å². The molecule has 1 saturated carbocycles. The standard InChI is InChI=1S/C20H23N3O/c24-20(15-7-2-1-3-8-15)23-14-5-4-10-18(23)17-9-6-13-21-19(17)22-16-11-12-16/h1-3,6-9,13,16,18H,4-5,10-12,14H2,(H,21,22)/t18-/m1/s1. The Balaban J connectivity index is 1.64. The molecule has 1 N–H and O–H groups in total. The first kappa shape index (κ1) is 15.2. The summed E-state index contributed by atoms with van der Waals surface area (Å²) in [5, 5.41) is 3.53. The summed E-state index contributed by atoms with van der Waals surface area (Å²) >= 11 is 0. The molecule has 24 heavy (non-hydrogen) atoms. The molecule has 0 bridgehead atoms. The van der Waals surface area contributed by atoms with Gasteiger partial charge in [-0.05, 0) is 50.3 Å². The van der Waals surface area contributed by atoms with E-state index in [1.165, 1.54) is 12.8 Å². The number of carbonyl (C=O) groups is 1. The van der Waals surface area contributed by atoms with Crippen LogP contribution in [0.5, 0.6) is 0 Å². The van der Waals surface area contributed by atoms with Crippen molar-refractivity contribution in [1.82, 2.24) is 9.88 Å². The van der Waals surface area contributed by atoms with Crippen LogP contribution in [0.4, 0.5) is 5.82 Å². The Kier molecular flexibility index (Phi) is 4.20. The summed E-state index contributed by atoms with van der Waals surface area (Å²) in [4.78, 5) is 19.6. The van der Waals surface area contributed by atoms with Crippen molar-refractivity contribution < 1.29 is 4.79 Å². The number of anilines is 1. The molecular weight excluding hydrogens is 298 g/mol. The highest BCUT2D eigenvalue weighted by molar-refractivity contribution is 5.94. The monoisotopic (exact) mass is 321 g/mol. The molecule has 0 unspecified atom stereocenters. The fraction of sp³-hybridized carbons (Fsp3) is 0.400. The number of aromatic nitrogens is 1. The number of pyridine rings is 1. The molecule has 4 rings (SSSR count). The van der Waals surface area contributed by atoms with Gasteiger partial charge in [-0.3, -0.25) is 4.79 Å². The van der Waals surface area contributed by atoms with E-state index in [4.69, 9.17) is 0 Å². The van der Waals surface area contributed by atoms with Crippen molar-refractivity contribution in [2.45, 2.75) is 44.2 Å². The third kappa shape index (κ3) is 3.14. The van der Waals surface area contributed by atoms with Gasteiger partial charge >= 0.3 is 0 Å². The average molecular weight is 321 g/mol. The number of likely N-dealkylation sites (tertiary alicyclic amines) is 1. The minimum atomic E-state index is 0.112. The van der Waals surface area contributed by atoms with Crippen LogP contribution in [0.2, 0.25) is 0 Å². The van der Waals surface area contributed by atoms with E-state index in [9.17, 15) is 4.79 Å². The molecule has 2 fully saturated rings. The van der Waals surface area contributed by atoms with Crippen molar-refractivity contribution in [3.63, 3.8) is 0 Å². The highest BCUT2D eigenvalue weighted by atomic mass is 16.2. The first-order valence-corrected chi connectivity index (χ1v) is 8.90. The molecule has 2 aromatic rings. The van der Waals surface area contributed by atoms with Gasteiger partial charge in [-0.1, -0.05) is 24.3 Å². The van der Waals surface area contributed by atoms with Crippen molar-refractivity contribution in [2.75, 3.05) is 11.9 Å². The van der Waals surface area contributed by atoms with E-state index in [1.807, 2.05) is 47.5 Å². The lowest BCUT2D eigenvalue weighted by Crippen LogP contribution is -2.38. The normalized spacial score (nSPS) is 20.7. The van der Waals surface area contributed by atoms with Crippen molar-refractivity contribution in [3.05, 3.63) is 59.8 Å². The molecule has 0 radical (unpaired) electrons. The molecule has 0 spiro atoms. The zero-order chi connectivity index (χ0) is 16.4. The van der Waals surface area contributed by atoms with Crippen LogP contribution in [0, 0.1) is 0 Å². The van der Waals surface area contributed by atoms with E-state index in [-0.39, 0.29) is 11.9 Å². The number of hydrogen-bond acceptors (Lipinski definition) is 3. The molecular formula is C20H23N3O. The van der Waals surface area contributed by atoms with Gasteiger partial charge in [0.1, 0.15) is 5.82 Å². The molecule has 1 atom stereocenters. The smallest absolute Gasteiger partial charge is 0.254 e. The Morgan fingerprint density at radius 2 is 1.88 bits per heavy atom. The summed E-state index contributed by atoms with van der Waals surface area (Å²) in [6.45, 7) is 0.816. The van der Waals surface area contributed by atoms with E-state index in [0.29, 0.717) is 6.04 Å². The van der Waals surface area contributed by atoms with Crippen molar-refractivity contribution in [3.8, 4) is 0 Å². The number of carbonyl (C=O) groups excluding carboxylic acids is 1. The van der Waals surface area contributed by atoms with E-state index in [2.05, 4.69) is 16.4 Å². The SMILES string of the molecule is O=C(c1ccccc1)N1CCCC[C@@H]1c1cccnc1NC1CC1. The van der Waals surface area contributed by atoms with Gasteiger partial charge in [-0.2, -0.15) is 0 Å². The van der Waals surface area contributed by atoms with Gasteiger partial charge in [0.25, 0.3) is 5.91 Å². The third-order valence-electron chi connectivity index (χ3n) is 4.90. The topological polar surface area (TPSA) is 45.2 Å². The van der Waals surface area contributed by atoms with E-state index in [1.54, 1.807) is 0 Å². The van der Waals surface area contributed by atoms with E-state index >= 15 is 0 Å². The lowest BCUT2D eigenvalue weighted by molar-refractivity contribution is 0.0612. The fourth-order valence-electron chi connectivity index (χ4n) is 3.47. The van der Waals surface area contributed by atoms with Gasteiger partial charge in [-0.25, -0.2) is 4.98 Å². The Labute approximate surface area is 142 Å². The van der Waals surface area contributed by atoms with Gasteiger partial charge < -0.3 is 10.2 Å². The Hall–Kier alpha value is -2.36. The summed E-state index contributed by atoms with van der Waals surface area (Å²) in [5.74, 6) is 1.08. The largest absolute Gasteiger partial charge is 0.367 e. The van der Waals surface area contributed by atoms with Crippen molar-refractivity contribution in [2.24, 2.45) is 0 Å². The summed E-state index contributed by atoms with van der Waals surface area (Å²) in [5.41, 5.74) is 1.93. The number of hydrogen-bond donors (Lipinski definition) is 1. The van der Waals surface area contributed by atoms with Crippen LogP contribution in [0.15, 0.2) is 48.7 Å². The summed E-state index contributed by atoms with van der Waals surface area (Å²) in [6, 6.07) is 14.4. The van der Waals surface area contributed by atoms with Crippen LogP contribution in [0.25, 0.3) is 0 Å². The van der Waals surface area contributed by atoms with Gasteiger partial charge in [0.2, 0.25) is 0 Å². The Bertz CT molecular complexity index is 712. The molecule has 2 heterocycles.